The van der Waals surface area contributed by atoms with Crippen molar-refractivity contribution in [2.24, 2.45) is 0 Å². The van der Waals surface area contributed by atoms with Gasteiger partial charge in [-0.2, -0.15) is 0 Å². The number of nitrogens with one attached hydrogen (secondary N) is 1. The van der Waals surface area contributed by atoms with Crippen molar-refractivity contribution in [2.75, 3.05) is 13.7 Å². The highest BCUT2D eigenvalue weighted by molar-refractivity contribution is 7.91. The molecule has 2 aromatic carbocycles. The number of hydrogen-bond donors (Lipinski definition) is 1. The Morgan fingerprint density at radius 3 is 2.30 bits per heavy atom. The molecule has 1 atom stereocenters. The first-order valence-corrected chi connectivity index (χ1v) is 12.2. The van der Waals surface area contributed by atoms with Gasteiger partial charge in [0.05, 0.1) is 12.0 Å². The molecule has 0 spiro atoms. The third kappa shape index (κ3) is 6.29. The van der Waals surface area contributed by atoms with Crippen molar-refractivity contribution in [3.05, 3.63) is 95.8 Å². The van der Waals surface area contributed by atoms with Crippen molar-refractivity contribution in [3.8, 4) is 5.75 Å². The lowest BCUT2D eigenvalue weighted by Crippen LogP contribution is -2.31. The molecule has 6 nitrogen and oxygen atoms in total. The van der Waals surface area contributed by atoms with E-state index in [4.69, 9.17) is 4.74 Å². The molecule has 1 unspecified atom stereocenters. The third-order valence-corrected chi connectivity index (χ3v) is 7.43. The van der Waals surface area contributed by atoms with Gasteiger partial charge in [-0.05, 0) is 59.0 Å². The van der Waals surface area contributed by atoms with Crippen LogP contribution in [-0.4, -0.2) is 33.0 Å². The molecule has 172 valence electrons. The van der Waals surface area contributed by atoms with Crippen LogP contribution in [0.1, 0.15) is 41.7 Å². The Morgan fingerprint density at radius 1 is 1.03 bits per heavy atom. The number of methoxy groups -OCH3 is 1. The zero-order valence-corrected chi connectivity index (χ0v) is 19.7. The van der Waals surface area contributed by atoms with Crippen molar-refractivity contribution in [1.82, 2.24) is 10.3 Å². The summed E-state index contributed by atoms with van der Waals surface area (Å²) >= 11 is 0. The maximum atomic E-state index is 13.4. The van der Waals surface area contributed by atoms with Crippen LogP contribution in [-0.2, 0) is 14.6 Å². The molecule has 1 N–H and O–H groups in total. The normalized spacial score (nSPS) is 12.6. The van der Waals surface area contributed by atoms with E-state index in [1.54, 1.807) is 36.5 Å². The number of rotatable bonds is 9. The number of benzene rings is 2. The number of ether oxygens (including phenoxy) is 1. The van der Waals surface area contributed by atoms with Gasteiger partial charge in [-0.1, -0.05) is 44.2 Å². The predicted molar refractivity (Wildman–Crippen MR) is 130 cm³/mol. The van der Waals surface area contributed by atoms with Gasteiger partial charge in [0.2, 0.25) is 5.91 Å². The second-order valence-electron chi connectivity index (χ2n) is 7.90. The minimum Gasteiger partial charge on any atom is -0.497 e. The summed E-state index contributed by atoms with van der Waals surface area (Å²) in [4.78, 5) is 16.6. The Hall–Kier alpha value is -3.45. The monoisotopic (exact) mass is 464 g/mol. The fourth-order valence-electron chi connectivity index (χ4n) is 3.32. The van der Waals surface area contributed by atoms with Gasteiger partial charge >= 0.3 is 0 Å². The number of pyridine rings is 1. The Labute approximate surface area is 195 Å². The molecular weight excluding hydrogens is 436 g/mol. The number of nitrogens with zero attached hydrogens (tertiary/aromatic N) is 1. The zero-order chi connectivity index (χ0) is 23.8. The number of carbonyl (C=O) groups is 1. The summed E-state index contributed by atoms with van der Waals surface area (Å²) in [6, 6.07) is 17.5. The lowest BCUT2D eigenvalue weighted by Gasteiger charge is -2.18. The van der Waals surface area contributed by atoms with Gasteiger partial charge in [0.25, 0.3) is 0 Å². The quantitative estimate of drug-likeness (QED) is 0.469. The maximum absolute atomic E-state index is 13.4. The molecule has 0 aliphatic heterocycles. The minimum atomic E-state index is -3.79. The lowest BCUT2D eigenvalue weighted by atomic mass is 10.0. The van der Waals surface area contributed by atoms with E-state index in [0.717, 1.165) is 5.56 Å². The van der Waals surface area contributed by atoms with Crippen LogP contribution < -0.4 is 10.1 Å². The molecule has 0 saturated heterocycles. The average Bonchev–Trinajstić information content (AvgIpc) is 2.83. The topological polar surface area (TPSA) is 85.4 Å². The lowest BCUT2D eigenvalue weighted by molar-refractivity contribution is -0.116. The first-order chi connectivity index (χ1) is 15.8. The molecule has 1 heterocycles. The van der Waals surface area contributed by atoms with Gasteiger partial charge in [0.15, 0.2) is 9.84 Å². The van der Waals surface area contributed by atoms with E-state index in [2.05, 4.69) is 24.1 Å². The molecule has 3 aromatic rings. The Morgan fingerprint density at radius 2 is 1.73 bits per heavy atom. The summed E-state index contributed by atoms with van der Waals surface area (Å²) in [5.74, 6) is 0.622. The molecule has 0 aliphatic rings. The number of amides is 1. The molecule has 0 aliphatic carbocycles. The Balaban J connectivity index is 1.76. The maximum Gasteiger partial charge on any atom is 0.244 e. The van der Waals surface area contributed by atoms with Crippen molar-refractivity contribution in [3.63, 3.8) is 0 Å². The van der Waals surface area contributed by atoms with Crippen molar-refractivity contribution in [2.45, 2.75) is 29.9 Å². The van der Waals surface area contributed by atoms with Gasteiger partial charge in [0, 0.05) is 25.0 Å². The number of aromatic nitrogens is 1. The van der Waals surface area contributed by atoms with Gasteiger partial charge in [0.1, 0.15) is 11.0 Å². The SMILES string of the molecule is COc1ccc(S(=O)(=O)C(CNC(=O)/C=C/c2ccc(C(C)C)cc2)c2cccnc2)cc1. The fourth-order valence-corrected chi connectivity index (χ4v) is 4.96. The number of hydrogen-bond acceptors (Lipinski definition) is 5. The first kappa shape index (κ1) is 24.2. The van der Waals surface area contributed by atoms with E-state index in [1.807, 2.05) is 24.3 Å². The highest BCUT2D eigenvalue weighted by atomic mass is 32.2. The van der Waals surface area contributed by atoms with Gasteiger partial charge < -0.3 is 10.1 Å². The second-order valence-corrected chi connectivity index (χ2v) is 10.0. The molecule has 0 bridgehead atoms. The highest BCUT2D eigenvalue weighted by Crippen LogP contribution is 2.29. The molecule has 0 radical (unpaired) electrons. The van der Waals surface area contributed by atoms with E-state index >= 15 is 0 Å². The van der Waals surface area contributed by atoms with Crippen molar-refractivity contribution < 1.29 is 17.9 Å². The minimum absolute atomic E-state index is 0.0878. The van der Waals surface area contributed by atoms with Crippen LogP contribution in [0.5, 0.6) is 5.75 Å². The largest absolute Gasteiger partial charge is 0.497 e. The van der Waals surface area contributed by atoms with E-state index in [1.165, 1.54) is 37.1 Å². The predicted octanol–water partition coefficient (Wildman–Crippen LogP) is 4.56. The summed E-state index contributed by atoms with van der Waals surface area (Å²) in [6.07, 6.45) is 6.19. The standard InChI is InChI=1S/C26H28N2O4S/c1-19(2)21-9-6-20(7-10-21)8-15-26(29)28-18-25(22-5-4-16-27-17-22)33(30,31)24-13-11-23(32-3)12-14-24/h4-17,19,25H,18H2,1-3H3,(H,28,29)/b15-8+. The molecule has 0 fully saturated rings. The zero-order valence-electron chi connectivity index (χ0n) is 18.9. The molecule has 7 heteroatoms. The summed E-state index contributed by atoms with van der Waals surface area (Å²) in [7, 11) is -2.27. The highest BCUT2D eigenvalue weighted by Gasteiger charge is 2.29. The van der Waals surface area contributed by atoms with Crippen molar-refractivity contribution in [1.29, 1.82) is 0 Å². The van der Waals surface area contributed by atoms with E-state index in [9.17, 15) is 13.2 Å². The van der Waals surface area contributed by atoms with Gasteiger partial charge in [-0.15, -0.1) is 0 Å². The summed E-state index contributed by atoms with van der Waals surface area (Å²) in [5, 5.41) is 1.74. The second kappa shape index (κ2) is 10.9. The van der Waals surface area contributed by atoms with Gasteiger partial charge in [-0.3, -0.25) is 9.78 Å². The molecule has 33 heavy (non-hydrogen) atoms. The average molecular weight is 465 g/mol. The van der Waals surface area contributed by atoms with Crippen LogP contribution in [0.2, 0.25) is 0 Å². The molecule has 1 aromatic heterocycles. The number of carbonyl (C=O) groups excluding carboxylic acids is 1. The Kier molecular flexibility index (Phi) is 8.01. The summed E-state index contributed by atoms with van der Waals surface area (Å²) in [5.41, 5.74) is 2.62. The van der Waals surface area contributed by atoms with Gasteiger partial charge in [-0.25, -0.2) is 8.42 Å². The number of sulfone groups is 1. The smallest absolute Gasteiger partial charge is 0.244 e. The molecule has 3 rings (SSSR count). The van der Waals surface area contributed by atoms with Crippen LogP contribution in [0.15, 0.2) is 84.0 Å². The third-order valence-electron chi connectivity index (χ3n) is 5.31. The molecule has 0 saturated carbocycles. The summed E-state index contributed by atoms with van der Waals surface area (Å²) in [6.45, 7) is 4.16. The van der Waals surface area contributed by atoms with Crippen LogP contribution in [0.25, 0.3) is 6.08 Å². The van der Waals surface area contributed by atoms with Crippen LogP contribution in [0.4, 0.5) is 0 Å². The van der Waals surface area contributed by atoms with E-state index < -0.39 is 15.1 Å². The van der Waals surface area contributed by atoms with Crippen molar-refractivity contribution >= 4 is 21.8 Å². The first-order valence-electron chi connectivity index (χ1n) is 10.6. The van der Waals surface area contributed by atoms with E-state index in [-0.39, 0.29) is 17.3 Å². The van der Waals surface area contributed by atoms with Crippen LogP contribution in [0, 0.1) is 0 Å². The van der Waals surface area contributed by atoms with E-state index in [0.29, 0.717) is 17.2 Å². The van der Waals surface area contributed by atoms with Crippen LogP contribution >= 0.6 is 0 Å². The molecule has 1 amide bonds. The Bertz CT molecular complexity index is 1190. The van der Waals surface area contributed by atoms with Crippen LogP contribution in [0.3, 0.4) is 0 Å². The molecular formula is C26H28N2O4S. The summed E-state index contributed by atoms with van der Waals surface area (Å²) < 4.78 is 31.9. The fraction of sp³-hybridized carbons (Fsp3) is 0.231.